The molecule has 21 heteroatoms. The van der Waals surface area contributed by atoms with Gasteiger partial charge in [0.25, 0.3) is 5.91 Å². The molecule has 77 heavy (non-hydrogen) atoms. The Morgan fingerprint density at radius 3 is 2.34 bits per heavy atom. The van der Waals surface area contributed by atoms with Gasteiger partial charge in [-0.25, -0.2) is 13.2 Å². The number of carbonyl (C=O) groups is 6. The minimum atomic E-state index is -1.50. The van der Waals surface area contributed by atoms with Gasteiger partial charge in [-0.15, -0.1) is 0 Å². The SMILES string of the molecule is CN[C@@H](C)C(=O)N[C@H](C(=O)N1Cc2ccc(NC(=O)CNC(=O)C3(C)CN(C(=O)CN4C[C@@H](C)NC[C@@H]4CN4CCOC[C@H]4C)c4cc(Cc5ccc(F)cc5)ccc43)cc2[C@H]1C(=O)Nc1c(F)cccc1F)[C@@H](C)OC. The second kappa shape index (κ2) is 24.3. The average molecular weight is 1070 g/mol. The Morgan fingerprint density at radius 2 is 1.64 bits per heavy atom. The third kappa shape index (κ3) is 12.7. The van der Waals surface area contributed by atoms with E-state index in [0.717, 1.165) is 42.4 Å². The van der Waals surface area contributed by atoms with Crippen LogP contribution >= 0.6 is 0 Å². The number of carbonyl (C=O) groups excluding carboxylic acids is 6. The summed E-state index contributed by atoms with van der Waals surface area (Å²) in [6.45, 7) is 12.7. The lowest BCUT2D eigenvalue weighted by Gasteiger charge is -2.43. The molecule has 4 aromatic carbocycles. The summed E-state index contributed by atoms with van der Waals surface area (Å²) < 4.78 is 54.9. The maximum Gasteiger partial charge on any atom is 0.252 e. The number of ether oxygens (including phenoxy) is 2. The first kappa shape index (κ1) is 56.5. The van der Waals surface area contributed by atoms with Gasteiger partial charge in [0.1, 0.15) is 35.2 Å². The van der Waals surface area contributed by atoms with Crippen molar-refractivity contribution in [3.05, 3.63) is 124 Å². The molecule has 0 bridgehead atoms. The molecule has 0 saturated carbocycles. The lowest BCUT2D eigenvalue weighted by Crippen LogP contribution is -2.62. The first-order chi connectivity index (χ1) is 36.8. The molecule has 412 valence electrons. The number of piperazine rings is 1. The topological polar surface area (TPSA) is 206 Å². The number of hydrogen-bond acceptors (Lipinski definition) is 12. The Balaban J connectivity index is 1.01. The van der Waals surface area contributed by atoms with E-state index in [1.54, 1.807) is 57.0 Å². The van der Waals surface area contributed by atoms with Gasteiger partial charge in [-0.05, 0) is 118 Å². The highest BCUT2D eigenvalue weighted by atomic mass is 19.1. The van der Waals surface area contributed by atoms with Crippen molar-refractivity contribution in [2.75, 3.05) is 88.7 Å². The second-order valence-electron chi connectivity index (χ2n) is 20.8. The Labute approximate surface area is 446 Å². The predicted molar refractivity (Wildman–Crippen MR) is 283 cm³/mol. The number of anilines is 3. The molecule has 4 heterocycles. The Kier molecular flexibility index (Phi) is 17.8. The number of halogens is 3. The predicted octanol–water partition coefficient (Wildman–Crippen LogP) is 3.59. The number of amides is 6. The van der Waals surface area contributed by atoms with Crippen molar-refractivity contribution in [3.8, 4) is 0 Å². The standard InChI is InChI=1S/C56H69F3N10O8/c1-32-26-67(41(24-61-32)28-66-19-20-77-30-33(66)2)29-48(71)69-31-56(5,43-18-13-37(22-46(43)69)21-36-11-15-39(57)16-12-36)55(75)62-25-47(70)63-40-17-14-38-27-68(54(74)49(35(4)76-7)64-52(72)34(3)60-6)51(42(38)23-40)53(73)65-50-44(58)9-8-10-45(50)59/h8-18,22-23,32-35,41,49,51,60-61H,19-21,24-31H2,1-7H3,(H,62,75)(H,63,70)(H,64,72)(H,65,73)/t32-,33-,34+,35-,41-,49+,51+,56?/m1/s1. The van der Waals surface area contributed by atoms with Gasteiger partial charge in [0.2, 0.25) is 29.5 Å². The molecule has 18 nitrogen and oxygen atoms in total. The van der Waals surface area contributed by atoms with Gasteiger partial charge in [-0.2, -0.15) is 0 Å². The Bertz CT molecular complexity index is 2840. The Morgan fingerprint density at radius 1 is 0.909 bits per heavy atom. The zero-order valence-corrected chi connectivity index (χ0v) is 44.5. The van der Waals surface area contributed by atoms with Crippen LogP contribution in [-0.4, -0.2) is 160 Å². The minimum Gasteiger partial charge on any atom is -0.379 e. The summed E-state index contributed by atoms with van der Waals surface area (Å²) in [5.74, 6) is -6.02. The van der Waals surface area contributed by atoms with Crippen LogP contribution in [0.2, 0.25) is 0 Å². The molecule has 4 aromatic rings. The van der Waals surface area contributed by atoms with E-state index in [1.807, 2.05) is 18.2 Å². The fraction of sp³-hybridized carbons (Fsp3) is 0.464. The molecule has 8 atom stereocenters. The van der Waals surface area contributed by atoms with E-state index in [0.29, 0.717) is 49.5 Å². The van der Waals surface area contributed by atoms with E-state index in [2.05, 4.69) is 55.5 Å². The molecule has 0 radical (unpaired) electrons. The molecule has 1 unspecified atom stereocenters. The molecule has 2 saturated heterocycles. The number of methoxy groups -OCH3 is 1. The van der Waals surface area contributed by atoms with E-state index in [4.69, 9.17) is 9.47 Å². The summed E-state index contributed by atoms with van der Waals surface area (Å²) in [6.07, 6.45) is -0.433. The molecule has 2 fully saturated rings. The molecule has 0 aromatic heterocycles. The second-order valence-corrected chi connectivity index (χ2v) is 20.8. The first-order valence-corrected chi connectivity index (χ1v) is 26.0. The molecular weight excluding hydrogens is 998 g/mol. The van der Waals surface area contributed by atoms with Crippen LogP contribution in [0, 0.1) is 17.5 Å². The first-order valence-electron chi connectivity index (χ1n) is 26.0. The van der Waals surface area contributed by atoms with Crippen LogP contribution in [0.4, 0.5) is 30.2 Å². The highest BCUT2D eigenvalue weighted by molar-refractivity contribution is 6.05. The summed E-state index contributed by atoms with van der Waals surface area (Å²) in [6, 6.07) is 16.4. The maximum atomic E-state index is 14.9. The number of fused-ring (bicyclic) bond motifs is 2. The van der Waals surface area contributed by atoms with Crippen LogP contribution in [0.1, 0.15) is 68.5 Å². The summed E-state index contributed by atoms with van der Waals surface area (Å²) in [4.78, 5) is 92.3. The van der Waals surface area contributed by atoms with Crippen molar-refractivity contribution in [2.24, 2.45) is 0 Å². The van der Waals surface area contributed by atoms with E-state index in [-0.39, 0.29) is 60.7 Å². The summed E-state index contributed by atoms with van der Waals surface area (Å²) in [5.41, 5.74) is 1.71. The average Bonchev–Trinajstić information content (AvgIpc) is 3.95. The minimum absolute atomic E-state index is 0.0100. The number of para-hydroxylation sites is 1. The van der Waals surface area contributed by atoms with Crippen molar-refractivity contribution in [3.63, 3.8) is 0 Å². The number of morpholine rings is 1. The number of benzene rings is 4. The van der Waals surface area contributed by atoms with Crippen molar-refractivity contribution in [1.29, 1.82) is 0 Å². The molecule has 4 aliphatic rings. The third-order valence-corrected chi connectivity index (χ3v) is 15.3. The van der Waals surface area contributed by atoms with Gasteiger partial charge in [0, 0.05) is 75.9 Å². The smallest absolute Gasteiger partial charge is 0.252 e. The van der Waals surface area contributed by atoms with Gasteiger partial charge in [0.05, 0.1) is 43.9 Å². The number of rotatable bonds is 18. The number of hydrogen-bond donors (Lipinski definition) is 6. The molecule has 8 rings (SSSR count). The molecule has 4 aliphatic heterocycles. The summed E-state index contributed by atoms with van der Waals surface area (Å²) >= 11 is 0. The maximum absolute atomic E-state index is 14.9. The Hall–Kier alpha value is -6.75. The zero-order valence-electron chi connectivity index (χ0n) is 44.5. The highest BCUT2D eigenvalue weighted by Gasteiger charge is 2.48. The highest BCUT2D eigenvalue weighted by Crippen LogP contribution is 2.43. The van der Waals surface area contributed by atoms with Gasteiger partial charge >= 0.3 is 0 Å². The molecular formula is C56H69F3N10O8. The molecule has 0 spiro atoms. The van der Waals surface area contributed by atoms with Gasteiger partial charge in [-0.3, -0.25) is 38.6 Å². The van der Waals surface area contributed by atoms with Crippen LogP contribution in [0.3, 0.4) is 0 Å². The van der Waals surface area contributed by atoms with E-state index in [1.165, 1.54) is 30.2 Å². The number of likely N-dealkylation sites (N-methyl/N-ethyl adjacent to an activating group) is 1. The van der Waals surface area contributed by atoms with E-state index < -0.39 is 83.0 Å². The lowest BCUT2D eigenvalue weighted by atomic mass is 9.83. The normalized spacial score (nSPS) is 22.6. The van der Waals surface area contributed by atoms with Crippen LogP contribution < -0.4 is 36.8 Å². The van der Waals surface area contributed by atoms with Crippen molar-refractivity contribution in [2.45, 2.75) is 95.4 Å². The quantitative estimate of drug-likeness (QED) is 0.0847. The molecule has 6 N–H and O–H groups in total. The van der Waals surface area contributed by atoms with Crippen LogP contribution in [0.5, 0.6) is 0 Å². The van der Waals surface area contributed by atoms with E-state index in [9.17, 15) is 41.9 Å². The fourth-order valence-corrected chi connectivity index (χ4v) is 10.6. The van der Waals surface area contributed by atoms with Crippen molar-refractivity contribution >= 4 is 52.5 Å². The fourth-order valence-electron chi connectivity index (χ4n) is 10.6. The number of nitrogens with zero attached hydrogens (tertiary/aromatic N) is 4. The van der Waals surface area contributed by atoms with Crippen molar-refractivity contribution < 1.29 is 51.4 Å². The lowest BCUT2D eigenvalue weighted by molar-refractivity contribution is -0.145. The van der Waals surface area contributed by atoms with Crippen molar-refractivity contribution in [1.82, 2.24) is 36.0 Å². The van der Waals surface area contributed by atoms with Gasteiger partial charge in [0.15, 0.2) is 0 Å². The summed E-state index contributed by atoms with van der Waals surface area (Å²) in [5, 5.41) is 16.9. The van der Waals surface area contributed by atoms with Gasteiger partial charge in [-0.1, -0.05) is 36.4 Å². The van der Waals surface area contributed by atoms with Gasteiger partial charge < -0.3 is 51.2 Å². The van der Waals surface area contributed by atoms with Crippen LogP contribution in [0.15, 0.2) is 78.9 Å². The zero-order chi connectivity index (χ0) is 55.3. The van der Waals surface area contributed by atoms with E-state index >= 15 is 0 Å². The number of nitrogens with one attached hydrogen (secondary N) is 6. The third-order valence-electron chi connectivity index (χ3n) is 15.3. The monoisotopic (exact) mass is 1070 g/mol. The molecule has 0 aliphatic carbocycles. The van der Waals surface area contributed by atoms with Crippen LogP contribution in [0.25, 0.3) is 0 Å². The largest absolute Gasteiger partial charge is 0.379 e. The molecule has 6 amide bonds. The van der Waals surface area contributed by atoms with Crippen LogP contribution in [-0.2, 0) is 56.6 Å². The summed E-state index contributed by atoms with van der Waals surface area (Å²) in [7, 11) is 2.93.